The van der Waals surface area contributed by atoms with Crippen LogP contribution in [-0.4, -0.2) is 19.8 Å². The number of hydrogen-bond donors (Lipinski definition) is 1. The Bertz CT molecular complexity index is 443. The van der Waals surface area contributed by atoms with Crippen LogP contribution in [0.5, 0.6) is 0 Å². The van der Waals surface area contributed by atoms with E-state index in [2.05, 4.69) is 21.4 Å². The lowest BCUT2D eigenvalue weighted by molar-refractivity contribution is -0.0226. The largest absolute Gasteiger partial charge is 0.379 e. The summed E-state index contributed by atoms with van der Waals surface area (Å²) >= 11 is 3.38. The summed E-state index contributed by atoms with van der Waals surface area (Å²) in [4.78, 5) is 5.33. The minimum Gasteiger partial charge on any atom is -0.379 e. The summed E-state index contributed by atoms with van der Waals surface area (Å²) in [5.41, 5.74) is 3.05. The second-order valence-corrected chi connectivity index (χ2v) is 5.46. The number of ether oxygens (including phenoxy) is 1. The lowest BCUT2D eigenvalue weighted by Gasteiger charge is -2.37. The summed E-state index contributed by atoms with van der Waals surface area (Å²) < 4.78 is 20.4. The third kappa shape index (κ3) is 1.81. The van der Waals surface area contributed by atoms with Crippen LogP contribution >= 0.6 is 15.9 Å². The van der Waals surface area contributed by atoms with Gasteiger partial charge in [0.2, 0.25) is 0 Å². The molecule has 2 atom stereocenters. The van der Waals surface area contributed by atoms with E-state index in [0.717, 1.165) is 10.9 Å². The molecular formula is C12H13BrFNO2. The van der Waals surface area contributed by atoms with Gasteiger partial charge in [-0.3, -0.25) is 0 Å². The summed E-state index contributed by atoms with van der Waals surface area (Å²) in [6, 6.07) is 4.97. The number of hydrogen-bond acceptors (Lipinski definition) is 3. The van der Waals surface area contributed by atoms with Crippen LogP contribution in [0.15, 0.2) is 22.7 Å². The average molecular weight is 302 g/mol. The third-order valence-electron chi connectivity index (χ3n) is 3.59. The van der Waals surface area contributed by atoms with Crippen LogP contribution in [0.25, 0.3) is 0 Å². The predicted molar refractivity (Wildman–Crippen MR) is 63.8 cm³/mol. The van der Waals surface area contributed by atoms with E-state index in [9.17, 15) is 4.39 Å². The summed E-state index contributed by atoms with van der Waals surface area (Å²) in [5.74, 6) is 0.0433. The van der Waals surface area contributed by atoms with Gasteiger partial charge in [-0.05, 0) is 24.6 Å². The second kappa shape index (κ2) is 4.31. The minimum absolute atomic E-state index is 0.221. The van der Waals surface area contributed by atoms with Crippen LogP contribution in [0.1, 0.15) is 12.0 Å². The number of fused-ring (bicyclic) bond motifs is 1. The van der Waals surface area contributed by atoms with Crippen molar-refractivity contribution in [3.63, 3.8) is 0 Å². The number of nitrogens with one attached hydrogen (secondary N) is 1. The van der Waals surface area contributed by atoms with E-state index in [1.807, 2.05) is 0 Å². The van der Waals surface area contributed by atoms with E-state index >= 15 is 0 Å². The normalized spacial score (nSPS) is 32.5. The first-order valence-electron chi connectivity index (χ1n) is 5.64. The van der Waals surface area contributed by atoms with Gasteiger partial charge in [0.05, 0.1) is 18.8 Å². The van der Waals surface area contributed by atoms with E-state index in [0.29, 0.717) is 25.4 Å². The zero-order chi connectivity index (χ0) is 11.9. The summed E-state index contributed by atoms with van der Waals surface area (Å²) in [5, 5.41) is 0. The van der Waals surface area contributed by atoms with E-state index in [4.69, 9.17) is 9.57 Å². The van der Waals surface area contributed by atoms with Gasteiger partial charge in [-0.1, -0.05) is 15.9 Å². The van der Waals surface area contributed by atoms with Crippen molar-refractivity contribution in [2.45, 2.75) is 12.0 Å². The summed E-state index contributed by atoms with van der Waals surface area (Å²) in [6.07, 6.45) is 0.888. The Morgan fingerprint density at radius 2 is 2.35 bits per heavy atom. The molecule has 1 aromatic carbocycles. The topological polar surface area (TPSA) is 30.5 Å². The molecule has 1 aromatic rings. The van der Waals surface area contributed by atoms with Gasteiger partial charge in [0, 0.05) is 22.6 Å². The van der Waals surface area contributed by atoms with Gasteiger partial charge < -0.3 is 9.57 Å². The van der Waals surface area contributed by atoms with Crippen molar-refractivity contribution < 1.29 is 14.0 Å². The number of hydroxylamine groups is 1. The first-order valence-corrected chi connectivity index (χ1v) is 6.44. The Morgan fingerprint density at radius 3 is 3.24 bits per heavy atom. The highest BCUT2D eigenvalue weighted by molar-refractivity contribution is 9.10. The molecule has 0 amide bonds. The van der Waals surface area contributed by atoms with Gasteiger partial charge in [0.25, 0.3) is 0 Å². The van der Waals surface area contributed by atoms with Crippen LogP contribution in [-0.2, 0) is 15.1 Å². The van der Waals surface area contributed by atoms with Crippen LogP contribution in [0.3, 0.4) is 0 Å². The quantitative estimate of drug-likeness (QED) is 0.864. The van der Waals surface area contributed by atoms with Crippen molar-refractivity contribution in [3.8, 4) is 0 Å². The number of rotatable bonds is 1. The molecule has 2 fully saturated rings. The molecule has 92 valence electrons. The van der Waals surface area contributed by atoms with Gasteiger partial charge in [-0.25, -0.2) is 4.39 Å². The van der Waals surface area contributed by atoms with Crippen LogP contribution in [0, 0.1) is 11.7 Å². The Balaban J connectivity index is 2.08. The molecular weight excluding hydrogens is 289 g/mol. The molecule has 17 heavy (non-hydrogen) atoms. The molecule has 2 aliphatic heterocycles. The molecule has 2 saturated heterocycles. The van der Waals surface area contributed by atoms with Gasteiger partial charge in [-0.2, -0.15) is 5.48 Å². The molecule has 5 heteroatoms. The zero-order valence-electron chi connectivity index (χ0n) is 9.21. The Hall–Kier alpha value is -0.490. The maximum Gasteiger partial charge on any atom is 0.128 e. The fourth-order valence-corrected chi connectivity index (χ4v) is 2.99. The highest BCUT2D eigenvalue weighted by atomic mass is 79.9. The zero-order valence-corrected chi connectivity index (χ0v) is 10.8. The van der Waals surface area contributed by atoms with E-state index < -0.39 is 5.54 Å². The van der Waals surface area contributed by atoms with Crippen molar-refractivity contribution in [2.24, 2.45) is 5.92 Å². The number of benzene rings is 1. The molecule has 0 spiro atoms. The Labute approximate surface area is 107 Å². The van der Waals surface area contributed by atoms with Crippen LogP contribution < -0.4 is 5.48 Å². The molecule has 1 N–H and O–H groups in total. The van der Waals surface area contributed by atoms with Gasteiger partial charge >= 0.3 is 0 Å². The Kier molecular flexibility index (Phi) is 2.94. The minimum atomic E-state index is -0.536. The molecule has 0 radical (unpaired) electrons. The van der Waals surface area contributed by atoms with Gasteiger partial charge in [0.15, 0.2) is 0 Å². The fraction of sp³-hybridized carbons (Fsp3) is 0.500. The van der Waals surface area contributed by atoms with Crippen molar-refractivity contribution in [1.82, 2.24) is 5.48 Å². The van der Waals surface area contributed by atoms with Crippen molar-refractivity contribution in [2.75, 3.05) is 19.8 Å². The first-order chi connectivity index (χ1) is 8.22. The van der Waals surface area contributed by atoms with Crippen LogP contribution in [0.4, 0.5) is 4.39 Å². The highest BCUT2D eigenvalue weighted by Gasteiger charge is 2.49. The van der Waals surface area contributed by atoms with Gasteiger partial charge in [-0.15, -0.1) is 0 Å². The van der Waals surface area contributed by atoms with Crippen LogP contribution in [0.2, 0.25) is 0 Å². The maximum absolute atomic E-state index is 14.0. The molecule has 3 nitrogen and oxygen atoms in total. The van der Waals surface area contributed by atoms with E-state index in [1.165, 1.54) is 6.07 Å². The van der Waals surface area contributed by atoms with Gasteiger partial charge in [0.1, 0.15) is 5.82 Å². The first kappa shape index (κ1) is 11.6. The fourth-order valence-electron chi connectivity index (χ4n) is 2.62. The van der Waals surface area contributed by atoms with Crippen molar-refractivity contribution in [1.29, 1.82) is 0 Å². The maximum atomic E-state index is 14.0. The van der Waals surface area contributed by atoms with Crippen molar-refractivity contribution >= 4 is 15.9 Å². The molecule has 3 rings (SSSR count). The van der Waals surface area contributed by atoms with E-state index in [-0.39, 0.29) is 11.7 Å². The molecule has 2 aliphatic rings. The summed E-state index contributed by atoms with van der Waals surface area (Å²) in [6.45, 7) is 1.77. The van der Waals surface area contributed by atoms with E-state index in [1.54, 1.807) is 12.1 Å². The smallest absolute Gasteiger partial charge is 0.128 e. The lowest BCUT2D eigenvalue weighted by atomic mass is 9.77. The Morgan fingerprint density at radius 1 is 1.47 bits per heavy atom. The second-order valence-electron chi connectivity index (χ2n) is 4.55. The molecule has 2 heterocycles. The molecule has 0 bridgehead atoms. The average Bonchev–Trinajstić information content (AvgIpc) is 2.77. The SMILES string of the molecule is Fc1ccc(Br)cc1[C@]12COCCC1CON2. The molecule has 1 unspecified atom stereocenters. The molecule has 0 aromatic heterocycles. The molecule has 0 aliphatic carbocycles. The standard InChI is InChI=1S/C12H13BrFNO2/c13-9-1-2-11(14)10(5-9)12-7-16-4-3-8(12)6-17-15-12/h1-2,5,8,15H,3-4,6-7H2/t8?,12-/m0/s1. The summed E-state index contributed by atoms with van der Waals surface area (Å²) in [7, 11) is 0. The monoisotopic (exact) mass is 301 g/mol. The predicted octanol–water partition coefficient (Wildman–Crippen LogP) is 2.35. The highest BCUT2D eigenvalue weighted by Crippen LogP contribution is 2.41. The van der Waals surface area contributed by atoms with Crippen molar-refractivity contribution in [3.05, 3.63) is 34.1 Å². The lowest BCUT2D eigenvalue weighted by Crippen LogP contribution is -2.49. The number of halogens is 2. The molecule has 0 saturated carbocycles. The third-order valence-corrected chi connectivity index (χ3v) is 4.08.